The van der Waals surface area contributed by atoms with Gasteiger partial charge in [0.1, 0.15) is 5.75 Å². The molecule has 0 saturated heterocycles. The van der Waals surface area contributed by atoms with Gasteiger partial charge in [-0.25, -0.2) is 4.79 Å². The van der Waals surface area contributed by atoms with E-state index in [-0.39, 0.29) is 0 Å². The summed E-state index contributed by atoms with van der Waals surface area (Å²) >= 11 is 0. The third kappa shape index (κ3) is 8.77. The fourth-order valence-electron chi connectivity index (χ4n) is 0.793. The Morgan fingerprint density at radius 2 is 1.73 bits per heavy atom. The van der Waals surface area contributed by atoms with Crippen LogP contribution >= 0.6 is 0 Å². The molecule has 0 aliphatic carbocycles. The smallest absolute Gasteiger partial charge is 0.449 e. The van der Waals surface area contributed by atoms with Gasteiger partial charge in [0.05, 0.1) is 0 Å². The van der Waals surface area contributed by atoms with Gasteiger partial charge in [-0.3, -0.25) is 0 Å². The monoisotopic (exact) mass is 212 g/mol. The average molecular weight is 212 g/mol. The third-order valence-electron chi connectivity index (χ3n) is 1.36. The Hall–Kier alpha value is -1.55. The maximum Gasteiger partial charge on any atom is 0.511 e. The molecule has 0 aliphatic heterocycles. The van der Waals surface area contributed by atoms with E-state index in [1.54, 1.807) is 30.3 Å². The van der Waals surface area contributed by atoms with Crippen LogP contribution in [0.5, 0.6) is 5.75 Å². The minimum absolute atomic E-state index is 0.343. The second kappa shape index (κ2) is 9.02. The lowest BCUT2D eigenvalue weighted by Gasteiger charge is -1.95. The van der Waals surface area contributed by atoms with Crippen molar-refractivity contribution in [1.82, 2.24) is 0 Å². The molecule has 0 fully saturated rings. The zero-order chi connectivity index (χ0) is 11.5. The van der Waals surface area contributed by atoms with Crippen molar-refractivity contribution in [1.29, 1.82) is 0 Å². The van der Waals surface area contributed by atoms with E-state index in [9.17, 15) is 4.79 Å². The first-order valence-corrected chi connectivity index (χ1v) is 4.74. The Kier molecular flexibility index (Phi) is 8.09. The van der Waals surface area contributed by atoms with Crippen LogP contribution in [0.1, 0.15) is 13.8 Å². The van der Waals surface area contributed by atoms with Gasteiger partial charge < -0.3 is 14.6 Å². The zero-order valence-electron chi connectivity index (χ0n) is 8.97. The Morgan fingerprint density at radius 3 is 2.07 bits per heavy atom. The molecule has 0 unspecified atom stereocenters. The molecule has 1 aromatic rings. The highest BCUT2D eigenvalue weighted by Gasteiger charge is 1.96. The van der Waals surface area contributed by atoms with Gasteiger partial charge in [-0.15, -0.1) is 0 Å². The Labute approximate surface area is 89.4 Å². The van der Waals surface area contributed by atoms with Crippen molar-refractivity contribution in [2.24, 2.45) is 0 Å². The van der Waals surface area contributed by atoms with Gasteiger partial charge in [-0.1, -0.05) is 18.2 Å². The molecule has 0 radical (unpaired) electrons. The lowest BCUT2D eigenvalue weighted by molar-refractivity contribution is 0.144. The van der Waals surface area contributed by atoms with E-state index in [0.29, 0.717) is 5.75 Å². The number of rotatable bonds is 3. The molecule has 1 rings (SSSR count). The summed E-state index contributed by atoms with van der Waals surface area (Å²) in [5.74, 6) is 0.343. The minimum Gasteiger partial charge on any atom is -0.449 e. The molecule has 1 N–H and O–H groups in total. The van der Waals surface area contributed by atoms with Crippen LogP contribution in [0, 0.1) is 0 Å². The van der Waals surface area contributed by atoms with Crippen molar-refractivity contribution in [3.8, 4) is 5.75 Å². The van der Waals surface area contributed by atoms with Crippen LogP contribution in [0.3, 0.4) is 0 Å². The van der Waals surface area contributed by atoms with Gasteiger partial charge >= 0.3 is 6.16 Å². The summed E-state index contributed by atoms with van der Waals surface area (Å²) in [7, 11) is 0. The third-order valence-corrected chi connectivity index (χ3v) is 1.36. The first-order chi connectivity index (χ1) is 7.20. The summed E-state index contributed by atoms with van der Waals surface area (Å²) in [6.07, 6.45) is -1.29. The Bertz CT molecular complexity index is 257. The van der Waals surface area contributed by atoms with E-state index in [2.05, 4.69) is 4.74 Å². The molecule has 84 valence electrons. The van der Waals surface area contributed by atoms with Crippen LogP contribution in [-0.2, 0) is 4.74 Å². The van der Waals surface area contributed by atoms with Gasteiger partial charge in [0.15, 0.2) is 0 Å². The Morgan fingerprint density at radius 1 is 1.20 bits per heavy atom. The van der Waals surface area contributed by atoms with E-state index < -0.39 is 6.16 Å². The molecule has 0 saturated carbocycles. The minimum atomic E-state index is -1.29. The molecule has 0 spiro atoms. The molecule has 1 aromatic carbocycles. The molecule has 4 heteroatoms. The highest BCUT2D eigenvalue weighted by molar-refractivity contribution is 5.60. The highest BCUT2D eigenvalue weighted by atomic mass is 16.7. The fourth-order valence-corrected chi connectivity index (χ4v) is 0.793. The van der Waals surface area contributed by atoms with Crippen molar-refractivity contribution < 1.29 is 19.4 Å². The van der Waals surface area contributed by atoms with Crippen molar-refractivity contribution in [2.45, 2.75) is 13.8 Å². The standard InChI is InChI=1S/C7H6O3.C4H10O/c8-7(9)10-6-4-2-1-3-5-6;1-3-5-4-2/h1-5H,(H,8,9);3-4H2,1-2H3. The van der Waals surface area contributed by atoms with Gasteiger partial charge in [0.25, 0.3) is 0 Å². The quantitative estimate of drug-likeness (QED) is 0.618. The van der Waals surface area contributed by atoms with Crippen molar-refractivity contribution in [3.63, 3.8) is 0 Å². The van der Waals surface area contributed by atoms with Crippen LogP contribution < -0.4 is 4.74 Å². The van der Waals surface area contributed by atoms with Crippen LogP contribution in [0.2, 0.25) is 0 Å². The van der Waals surface area contributed by atoms with Crippen LogP contribution in [0.15, 0.2) is 30.3 Å². The average Bonchev–Trinajstić information content (AvgIpc) is 2.20. The number of hydrogen-bond acceptors (Lipinski definition) is 3. The second-order valence-corrected chi connectivity index (χ2v) is 2.46. The van der Waals surface area contributed by atoms with Crippen LogP contribution in [-0.4, -0.2) is 24.5 Å². The summed E-state index contributed by atoms with van der Waals surface area (Å²) in [5, 5.41) is 8.14. The summed E-state index contributed by atoms with van der Waals surface area (Å²) in [4.78, 5) is 9.95. The number of carboxylic acid groups (broad SMARTS) is 1. The van der Waals surface area contributed by atoms with E-state index >= 15 is 0 Å². The van der Waals surface area contributed by atoms with Crippen LogP contribution in [0.4, 0.5) is 4.79 Å². The number of ether oxygens (including phenoxy) is 2. The van der Waals surface area contributed by atoms with Crippen LogP contribution in [0.25, 0.3) is 0 Å². The molecular formula is C11H16O4. The van der Waals surface area contributed by atoms with Crippen molar-refractivity contribution >= 4 is 6.16 Å². The van der Waals surface area contributed by atoms with Crippen molar-refractivity contribution in [2.75, 3.05) is 13.2 Å². The molecule has 0 aromatic heterocycles. The molecule has 0 heterocycles. The predicted molar refractivity (Wildman–Crippen MR) is 57.3 cm³/mol. The van der Waals surface area contributed by atoms with E-state index in [1.807, 2.05) is 13.8 Å². The van der Waals surface area contributed by atoms with Crippen molar-refractivity contribution in [3.05, 3.63) is 30.3 Å². The maximum absolute atomic E-state index is 9.95. The SMILES string of the molecule is CCOCC.O=C(O)Oc1ccccc1. The molecular weight excluding hydrogens is 196 g/mol. The molecule has 4 nitrogen and oxygen atoms in total. The highest BCUT2D eigenvalue weighted by Crippen LogP contribution is 2.07. The zero-order valence-corrected chi connectivity index (χ0v) is 8.97. The molecule has 0 amide bonds. The summed E-state index contributed by atoms with van der Waals surface area (Å²) in [5.41, 5.74) is 0. The van der Waals surface area contributed by atoms with E-state index in [4.69, 9.17) is 9.84 Å². The second-order valence-electron chi connectivity index (χ2n) is 2.46. The van der Waals surface area contributed by atoms with Gasteiger partial charge in [0, 0.05) is 13.2 Å². The predicted octanol–water partition coefficient (Wildman–Crippen LogP) is 2.79. The first kappa shape index (κ1) is 13.4. The molecule has 15 heavy (non-hydrogen) atoms. The van der Waals surface area contributed by atoms with Gasteiger partial charge in [-0.2, -0.15) is 0 Å². The van der Waals surface area contributed by atoms with Gasteiger partial charge in [0.2, 0.25) is 0 Å². The number of para-hydroxylation sites is 1. The summed E-state index contributed by atoms with van der Waals surface area (Å²) in [6, 6.07) is 8.35. The molecule has 0 aliphatic rings. The number of hydrogen-bond donors (Lipinski definition) is 1. The van der Waals surface area contributed by atoms with E-state index in [1.165, 1.54) is 0 Å². The summed E-state index contributed by atoms with van der Waals surface area (Å²) < 4.78 is 9.16. The summed E-state index contributed by atoms with van der Waals surface area (Å²) in [6.45, 7) is 5.67. The molecule has 0 atom stereocenters. The molecule has 0 bridgehead atoms. The maximum atomic E-state index is 9.95. The first-order valence-electron chi connectivity index (χ1n) is 4.74. The normalized spacial score (nSPS) is 8.67. The fraction of sp³-hybridized carbons (Fsp3) is 0.364. The number of carbonyl (C=O) groups is 1. The number of benzene rings is 1. The van der Waals surface area contributed by atoms with Gasteiger partial charge in [-0.05, 0) is 26.0 Å². The topological polar surface area (TPSA) is 55.8 Å². The van der Waals surface area contributed by atoms with E-state index in [0.717, 1.165) is 13.2 Å². The largest absolute Gasteiger partial charge is 0.511 e. The lowest BCUT2D eigenvalue weighted by Crippen LogP contribution is -2.02. The Balaban J connectivity index is 0.000000336. The lowest BCUT2D eigenvalue weighted by atomic mass is 10.3.